The Balaban J connectivity index is 2.32. The van der Waals surface area contributed by atoms with Crippen LogP contribution in [0.15, 0.2) is 18.3 Å². The summed E-state index contributed by atoms with van der Waals surface area (Å²) in [6, 6.07) is 1.65. The van der Waals surface area contributed by atoms with Crippen LogP contribution >= 0.6 is 0 Å². The normalized spacial score (nSPS) is 19.1. The highest BCUT2D eigenvalue weighted by Crippen LogP contribution is 2.22. The topological polar surface area (TPSA) is 82.5 Å². The number of pyridine rings is 1. The maximum atomic E-state index is 12.1. The maximum Gasteiger partial charge on any atom is 0.328 e. The van der Waals surface area contributed by atoms with Crippen LogP contribution in [0, 0.1) is 0 Å². The van der Waals surface area contributed by atoms with Gasteiger partial charge in [-0.25, -0.2) is 9.78 Å². The number of aliphatic carboxylic acids is 1. The zero-order valence-electron chi connectivity index (χ0n) is 12.2. The van der Waals surface area contributed by atoms with Crippen LogP contribution in [0.4, 0.5) is 5.82 Å². The van der Waals surface area contributed by atoms with E-state index in [1.807, 2.05) is 13.0 Å². The Morgan fingerprint density at radius 2 is 2.38 bits per heavy atom. The molecule has 0 aliphatic carbocycles. The van der Waals surface area contributed by atoms with Crippen LogP contribution in [0.5, 0.6) is 0 Å². The Bertz CT molecular complexity index is 584. The molecule has 1 atom stereocenters. The smallest absolute Gasteiger partial charge is 0.328 e. The lowest BCUT2D eigenvalue weighted by atomic mass is 10.1. The lowest BCUT2D eigenvalue weighted by molar-refractivity contribution is -0.131. The summed E-state index contributed by atoms with van der Waals surface area (Å²) in [6.45, 7) is 5.39. The number of carbonyl (C=O) groups excluding carboxylic acids is 1. The molecule has 6 heteroatoms. The molecule has 1 aliphatic rings. The van der Waals surface area contributed by atoms with Gasteiger partial charge in [-0.05, 0) is 37.6 Å². The van der Waals surface area contributed by atoms with Crippen molar-refractivity contribution in [1.82, 2.24) is 9.88 Å². The second-order valence-corrected chi connectivity index (χ2v) is 5.08. The number of rotatable bonds is 4. The van der Waals surface area contributed by atoms with E-state index in [0.717, 1.165) is 24.6 Å². The Morgan fingerprint density at radius 1 is 1.62 bits per heavy atom. The highest BCUT2D eigenvalue weighted by Gasteiger charge is 2.26. The molecule has 1 amide bonds. The van der Waals surface area contributed by atoms with Gasteiger partial charge in [0.05, 0.1) is 6.04 Å². The fourth-order valence-corrected chi connectivity index (χ4v) is 2.32. The Labute approximate surface area is 123 Å². The lowest BCUT2D eigenvalue weighted by Gasteiger charge is -2.24. The fraction of sp³-hybridized carbons (Fsp3) is 0.400. The van der Waals surface area contributed by atoms with Crippen LogP contribution < -0.4 is 5.32 Å². The molecule has 1 aliphatic heterocycles. The lowest BCUT2D eigenvalue weighted by Crippen LogP contribution is -2.39. The molecule has 0 saturated carbocycles. The average molecular weight is 289 g/mol. The molecular weight excluding hydrogens is 270 g/mol. The zero-order chi connectivity index (χ0) is 15.4. The van der Waals surface area contributed by atoms with Gasteiger partial charge < -0.3 is 10.4 Å². The maximum absolute atomic E-state index is 12.1. The number of hydrogen-bond donors (Lipinski definition) is 2. The third-order valence-corrected chi connectivity index (χ3v) is 3.46. The summed E-state index contributed by atoms with van der Waals surface area (Å²) in [4.78, 5) is 29.0. The molecule has 0 unspecified atom stereocenters. The molecule has 0 bridgehead atoms. The number of fused-ring (bicyclic) bond motifs is 1. The minimum atomic E-state index is -1.00. The molecule has 0 aromatic carbocycles. The van der Waals surface area contributed by atoms with Crippen molar-refractivity contribution in [3.05, 3.63) is 29.5 Å². The van der Waals surface area contributed by atoms with Gasteiger partial charge in [0.15, 0.2) is 0 Å². The van der Waals surface area contributed by atoms with Crippen molar-refractivity contribution in [2.45, 2.75) is 32.9 Å². The van der Waals surface area contributed by atoms with Crippen LogP contribution in [0.1, 0.15) is 31.4 Å². The molecule has 1 aromatic rings. The van der Waals surface area contributed by atoms with Crippen molar-refractivity contribution in [3.63, 3.8) is 0 Å². The van der Waals surface area contributed by atoms with Crippen LogP contribution in [-0.4, -0.2) is 39.5 Å². The van der Waals surface area contributed by atoms with Crippen molar-refractivity contribution >= 4 is 23.8 Å². The van der Waals surface area contributed by atoms with Gasteiger partial charge in [0, 0.05) is 24.4 Å². The summed E-state index contributed by atoms with van der Waals surface area (Å²) in [5.74, 6) is -0.513. The van der Waals surface area contributed by atoms with Crippen molar-refractivity contribution in [2.75, 3.05) is 11.9 Å². The second kappa shape index (κ2) is 6.49. The number of nitrogens with zero attached hydrogens (tertiary/aromatic N) is 2. The second-order valence-electron chi connectivity index (χ2n) is 5.08. The molecule has 6 nitrogen and oxygen atoms in total. The molecule has 2 heterocycles. The molecule has 112 valence electrons. The summed E-state index contributed by atoms with van der Waals surface area (Å²) in [6.07, 6.45) is 5.08. The Kier molecular flexibility index (Phi) is 4.70. The number of hydrogen-bond acceptors (Lipinski definition) is 4. The Hall–Kier alpha value is -2.21. The van der Waals surface area contributed by atoms with E-state index >= 15 is 0 Å². The average Bonchev–Trinajstić information content (AvgIpc) is 2.56. The SMILES string of the molecule is CCCN1Cc2cc(/C=C/C(=O)O)cnc2NC(=O)[C@H]1C. The minimum Gasteiger partial charge on any atom is -0.478 e. The third kappa shape index (κ3) is 3.66. The number of nitrogens with one attached hydrogen (secondary N) is 1. The number of anilines is 1. The highest BCUT2D eigenvalue weighted by molar-refractivity contribution is 5.95. The third-order valence-electron chi connectivity index (χ3n) is 3.46. The molecule has 0 saturated heterocycles. The van der Waals surface area contributed by atoms with E-state index in [0.29, 0.717) is 17.9 Å². The monoisotopic (exact) mass is 289 g/mol. The number of aromatic nitrogens is 1. The van der Waals surface area contributed by atoms with Gasteiger partial charge in [0.25, 0.3) is 0 Å². The van der Waals surface area contributed by atoms with Crippen LogP contribution in [0.2, 0.25) is 0 Å². The fourth-order valence-electron chi connectivity index (χ4n) is 2.32. The van der Waals surface area contributed by atoms with Crippen LogP contribution in [0.25, 0.3) is 6.08 Å². The number of amides is 1. The van der Waals surface area contributed by atoms with Crippen LogP contribution in [-0.2, 0) is 16.1 Å². The molecular formula is C15H19N3O3. The Morgan fingerprint density at radius 3 is 3.05 bits per heavy atom. The van der Waals surface area contributed by atoms with E-state index in [-0.39, 0.29) is 11.9 Å². The molecule has 0 spiro atoms. The van der Waals surface area contributed by atoms with E-state index in [2.05, 4.69) is 22.1 Å². The van der Waals surface area contributed by atoms with E-state index in [1.165, 1.54) is 6.08 Å². The quantitative estimate of drug-likeness (QED) is 0.825. The largest absolute Gasteiger partial charge is 0.478 e. The van der Waals surface area contributed by atoms with Gasteiger partial charge in [-0.1, -0.05) is 6.92 Å². The van der Waals surface area contributed by atoms with Gasteiger partial charge in [-0.15, -0.1) is 0 Å². The number of carboxylic acid groups (broad SMARTS) is 1. The predicted octanol–water partition coefficient (Wildman–Crippen LogP) is 1.73. The molecule has 0 radical (unpaired) electrons. The summed E-state index contributed by atoms with van der Waals surface area (Å²) in [5.41, 5.74) is 1.60. The first kappa shape index (κ1) is 15.2. The first-order chi connectivity index (χ1) is 10.0. The van der Waals surface area contributed by atoms with Gasteiger partial charge >= 0.3 is 5.97 Å². The van der Waals surface area contributed by atoms with Crippen molar-refractivity contribution in [3.8, 4) is 0 Å². The van der Waals surface area contributed by atoms with Crippen molar-refractivity contribution in [1.29, 1.82) is 0 Å². The van der Waals surface area contributed by atoms with E-state index in [4.69, 9.17) is 5.11 Å². The molecule has 2 rings (SSSR count). The molecule has 0 fully saturated rings. The van der Waals surface area contributed by atoms with Gasteiger partial charge in [0.1, 0.15) is 5.82 Å². The van der Waals surface area contributed by atoms with Gasteiger partial charge in [0.2, 0.25) is 5.91 Å². The number of carboxylic acids is 1. The molecule has 1 aromatic heterocycles. The summed E-state index contributed by atoms with van der Waals surface area (Å²) < 4.78 is 0. The predicted molar refractivity (Wildman–Crippen MR) is 79.7 cm³/mol. The minimum absolute atomic E-state index is 0.0662. The first-order valence-corrected chi connectivity index (χ1v) is 6.96. The zero-order valence-corrected chi connectivity index (χ0v) is 12.2. The standard InChI is InChI=1S/C15H19N3O3/c1-3-6-18-9-12-7-11(4-5-13(19)20)8-16-14(12)17-15(21)10(18)2/h4-5,7-8,10H,3,6,9H2,1-2H3,(H,19,20)(H,16,17,21)/b5-4+/t10-/m1/s1. The van der Waals surface area contributed by atoms with E-state index in [9.17, 15) is 9.59 Å². The number of carbonyl (C=O) groups is 2. The first-order valence-electron chi connectivity index (χ1n) is 6.96. The summed E-state index contributed by atoms with van der Waals surface area (Å²) in [7, 11) is 0. The summed E-state index contributed by atoms with van der Waals surface area (Å²) in [5, 5.41) is 11.5. The molecule has 2 N–H and O–H groups in total. The van der Waals surface area contributed by atoms with Gasteiger partial charge in [-0.2, -0.15) is 0 Å². The van der Waals surface area contributed by atoms with Gasteiger partial charge in [-0.3, -0.25) is 9.69 Å². The van der Waals surface area contributed by atoms with Crippen molar-refractivity contribution < 1.29 is 14.7 Å². The van der Waals surface area contributed by atoms with E-state index in [1.54, 1.807) is 6.20 Å². The van der Waals surface area contributed by atoms with Crippen molar-refractivity contribution in [2.24, 2.45) is 0 Å². The van der Waals surface area contributed by atoms with E-state index < -0.39 is 5.97 Å². The van der Waals surface area contributed by atoms with Crippen LogP contribution in [0.3, 0.4) is 0 Å². The highest BCUT2D eigenvalue weighted by atomic mass is 16.4. The molecule has 21 heavy (non-hydrogen) atoms. The summed E-state index contributed by atoms with van der Waals surface area (Å²) >= 11 is 0.